The fourth-order valence-corrected chi connectivity index (χ4v) is 2.16. The molecular weight excluding hydrogens is 327 g/mol. The molecule has 0 unspecified atom stereocenters. The zero-order chi connectivity index (χ0) is 18.2. The van der Waals surface area contributed by atoms with E-state index < -0.39 is 12.6 Å². The van der Waals surface area contributed by atoms with Gasteiger partial charge in [-0.2, -0.15) is 0 Å². The first-order valence-corrected chi connectivity index (χ1v) is 7.73. The molecule has 6 nitrogen and oxygen atoms in total. The largest absolute Gasteiger partial charge is 0.481 e. The lowest BCUT2D eigenvalue weighted by atomic mass is 10.2. The molecule has 0 aliphatic carbocycles. The highest BCUT2D eigenvalue weighted by molar-refractivity contribution is 5.91. The Kier molecular flexibility index (Phi) is 6.45. The third-order valence-corrected chi connectivity index (χ3v) is 3.50. The Morgan fingerprint density at radius 2 is 2.04 bits per heavy atom. The fraction of sp³-hybridized carbons (Fsp3) is 0.278. The number of benzene rings is 1. The van der Waals surface area contributed by atoms with Crippen molar-refractivity contribution in [1.29, 1.82) is 0 Å². The second-order valence-corrected chi connectivity index (χ2v) is 5.20. The van der Waals surface area contributed by atoms with Crippen LogP contribution >= 0.6 is 0 Å². The second kappa shape index (κ2) is 8.77. The summed E-state index contributed by atoms with van der Waals surface area (Å²) >= 11 is 0. The van der Waals surface area contributed by atoms with Crippen molar-refractivity contribution in [2.75, 3.05) is 20.3 Å². The highest BCUT2D eigenvalue weighted by Gasteiger charge is 2.16. The molecule has 0 aliphatic heterocycles. The van der Waals surface area contributed by atoms with E-state index in [1.54, 1.807) is 19.1 Å². The standard InChI is InChI=1S/C18H19FN2O4/c1-3-21(11-13-5-4-6-15(19)9-13)17(22)12-25-18(23)14-7-8-16(24-2)20-10-14/h4-10H,3,11-12H2,1-2H3. The van der Waals surface area contributed by atoms with Gasteiger partial charge in [-0.3, -0.25) is 4.79 Å². The number of halogens is 1. The lowest BCUT2D eigenvalue weighted by Crippen LogP contribution is -2.34. The van der Waals surface area contributed by atoms with Gasteiger partial charge in [-0.1, -0.05) is 12.1 Å². The van der Waals surface area contributed by atoms with E-state index in [1.807, 2.05) is 0 Å². The number of aromatic nitrogens is 1. The Hall–Kier alpha value is -2.96. The van der Waals surface area contributed by atoms with Crippen LogP contribution in [0.4, 0.5) is 4.39 Å². The highest BCUT2D eigenvalue weighted by atomic mass is 19.1. The SMILES string of the molecule is CCN(Cc1cccc(F)c1)C(=O)COC(=O)c1ccc(OC)nc1. The van der Waals surface area contributed by atoms with Crippen molar-refractivity contribution < 1.29 is 23.5 Å². The molecule has 0 spiro atoms. The van der Waals surface area contributed by atoms with E-state index in [0.29, 0.717) is 18.0 Å². The summed E-state index contributed by atoms with van der Waals surface area (Å²) in [7, 11) is 1.47. The molecule has 1 aromatic heterocycles. The summed E-state index contributed by atoms with van der Waals surface area (Å²) in [5.74, 6) is -0.994. The Bertz CT molecular complexity index is 734. The van der Waals surface area contributed by atoms with Gasteiger partial charge in [0, 0.05) is 25.4 Å². The van der Waals surface area contributed by atoms with Gasteiger partial charge in [-0.25, -0.2) is 14.2 Å². The highest BCUT2D eigenvalue weighted by Crippen LogP contribution is 2.10. The number of ether oxygens (including phenoxy) is 2. The zero-order valence-electron chi connectivity index (χ0n) is 14.1. The number of methoxy groups -OCH3 is 1. The molecule has 0 radical (unpaired) electrons. The maximum atomic E-state index is 13.2. The number of pyridine rings is 1. The molecule has 0 saturated heterocycles. The van der Waals surface area contributed by atoms with Crippen LogP contribution in [0.25, 0.3) is 0 Å². The van der Waals surface area contributed by atoms with Gasteiger partial charge in [0.2, 0.25) is 5.88 Å². The van der Waals surface area contributed by atoms with Crippen molar-refractivity contribution in [3.05, 3.63) is 59.5 Å². The molecule has 2 aromatic rings. The van der Waals surface area contributed by atoms with Crippen LogP contribution in [-0.2, 0) is 16.1 Å². The number of hydrogen-bond acceptors (Lipinski definition) is 5. The third-order valence-electron chi connectivity index (χ3n) is 3.50. The minimum Gasteiger partial charge on any atom is -0.481 e. The molecule has 1 aromatic carbocycles. The molecule has 0 fully saturated rings. The topological polar surface area (TPSA) is 68.7 Å². The lowest BCUT2D eigenvalue weighted by molar-refractivity contribution is -0.134. The maximum Gasteiger partial charge on any atom is 0.340 e. The normalized spacial score (nSPS) is 10.2. The first-order valence-electron chi connectivity index (χ1n) is 7.73. The summed E-state index contributed by atoms with van der Waals surface area (Å²) in [6, 6.07) is 9.05. The Morgan fingerprint density at radius 1 is 1.24 bits per heavy atom. The molecule has 1 amide bonds. The van der Waals surface area contributed by atoms with Gasteiger partial charge in [0.25, 0.3) is 5.91 Å². The molecule has 0 N–H and O–H groups in total. The number of esters is 1. The van der Waals surface area contributed by atoms with Crippen LogP contribution in [0.1, 0.15) is 22.8 Å². The van der Waals surface area contributed by atoms with Gasteiger partial charge < -0.3 is 14.4 Å². The molecule has 132 valence electrons. The van der Waals surface area contributed by atoms with Gasteiger partial charge in [0.15, 0.2) is 6.61 Å². The number of rotatable bonds is 7. The fourth-order valence-electron chi connectivity index (χ4n) is 2.16. The number of amides is 1. The van der Waals surface area contributed by atoms with Crippen LogP contribution in [0.5, 0.6) is 5.88 Å². The second-order valence-electron chi connectivity index (χ2n) is 5.20. The van der Waals surface area contributed by atoms with Crippen molar-refractivity contribution in [2.24, 2.45) is 0 Å². The van der Waals surface area contributed by atoms with Crippen molar-refractivity contribution in [2.45, 2.75) is 13.5 Å². The monoisotopic (exact) mass is 346 g/mol. The van der Waals surface area contributed by atoms with E-state index in [9.17, 15) is 14.0 Å². The maximum absolute atomic E-state index is 13.2. The molecule has 0 atom stereocenters. The van der Waals surface area contributed by atoms with E-state index in [1.165, 1.54) is 42.5 Å². The summed E-state index contributed by atoms with van der Waals surface area (Å²) in [6.07, 6.45) is 1.32. The van der Waals surface area contributed by atoms with Crippen molar-refractivity contribution in [3.63, 3.8) is 0 Å². The molecule has 1 heterocycles. The number of carbonyl (C=O) groups excluding carboxylic acids is 2. The molecule has 0 bridgehead atoms. The quantitative estimate of drug-likeness (QED) is 0.720. The molecule has 0 saturated carbocycles. The lowest BCUT2D eigenvalue weighted by Gasteiger charge is -2.20. The van der Waals surface area contributed by atoms with Crippen molar-refractivity contribution in [1.82, 2.24) is 9.88 Å². The van der Waals surface area contributed by atoms with Gasteiger partial charge in [-0.15, -0.1) is 0 Å². The summed E-state index contributed by atoms with van der Waals surface area (Å²) in [5.41, 5.74) is 0.891. The minimum absolute atomic E-state index is 0.224. The molecule has 7 heteroatoms. The zero-order valence-corrected chi connectivity index (χ0v) is 14.1. The van der Waals surface area contributed by atoms with E-state index in [4.69, 9.17) is 9.47 Å². The number of nitrogens with zero attached hydrogens (tertiary/aromatic N) is 2. The molecule has 0 aliphatic rings. The first-order chi connectivity index (χ1) is 12.0. The van der Waals surface area contributed by atoms with Crippen molar-refractivity contribution in [3.8, 4) is 5.88 Å². The van der Waals surface area contributed by atoms with Gasteiger partial charge in [-0.05, 0) is 30.7 Å². The van der Waals surface area contributed by atoms with Crippen LogP contribution < -0.4 is 4.74 Å². The molecule has 25 heavy (non-hydrogen) atoms. The summed E-state index contributed by atoms with van der Waals surface area (Å²) < 4.78 is 23.2. The number of carbonyl (C=O) groups is 2. The summed E-state index contributed by atoms with van der Waals surface area (Å²) in [4.78, 5) is 29.5. The van der Waals surface area contributed by atoms with Crippen LogP contribution in [0.15, 0.2) is 42.6 Å². The minimum atomic E-state index is -0.648. The van der Waals surface area contributed by atoms with Crippen molar-refractivity contribution >= 4 is 11.9 Å². The van der Waals surface area contributed by atoms with Gasteiger partial charge in [0.1, 0.15) is 5.82 Å². The van der Waals surface area contributed by atoms with Crippen LogP contribution in [0.2, 0.25) is 0 Å². The smallest absolute Gasteiger partial charge is 0.340 e. The van der Waals surface area contributed by atoms with E-state index in [0.717, 1.165) is 0 Å². The predicted molar refractivity (Wildman–Crippen MR) is 88.6 cm³/mol. The number of likely N-dealkylation sites (N-methyl/N-ethyl adjacent to an activating group) is 1. The summed E-state index contributed by atoms with van der Waals surface area (Å²) in [5, 5.41) is 0. The van der Waals surface area contributed by atoms with Gasteiger partial charge >= 0.3 is 5.97 Å². The molecule has 2 rings (SSSR count). The van der Waals surface area contributed by atoms with Crippen LogP contribution in [0.3, 0.4) is 0 Å². The summed E-state index contributed by atoms with van der Waals surface area (Å²) in [6.45, 7) is 2.06. The average molecular weight is 346 g/mol. The van der Waals surface area contributed by atoms with E-state index >= 15 is 0 Å². The van der Waals surface area contributed by atoms with Crippen LogP contribution in [0, 0.1) is 5.82 Å². The van der Waals surface area contributed by atoms with Gasteiger partial charge in [0.05, 0.1) is 12.7 Å². The van der Waals surface area contributed by atoms with E-state index in [-0.39, 0.29) is 23.8 Å². The number of hydrogen-bond donors (Lipinski definition) is 0. The Morgan fingerprint density at radius 3 is 2.64 bits per heavy atom. The Balaban J connectivity index is 1.91. The predicted octanol–water partition coefficient (Wildman–Crippen LogP) is 2.43. The first kappa shape index (κ1) is 18.4. The Labute approximate surface area is 145 Å². The molecular formula is C18H19FN2O4. The average Bonchev–Trinajstić information content (AvgIpc) is 2.64. The van der Waals surface area contributed by atoms with E-state index in [2.05, 4.69) is 4.98 Å². The van der Waals surface area contributed by atoms with Crippen LogP contribution in [-0.4, -0.2) is 42.0 Å². The third kappa shape index (κ3) is 5.27.